The maximum absolute atomic E-state index is 13.7. The van der Waals surface area contributed by atoms with E-state index in [-0.39, 0.29) is 30.5 Å². The second kappa shape index (κ2) is 7.19. The van der Waals surface area contributed by atoms with Gasteiger partial charge >= 0.3 is 5.97 Å². The van der Waals surface area contributed by atoms with E-state index >= 15 is 0 Å². The predicted molar refractivity (Wildman–Crippen MR) is 76.8 cm³/mol. The summed E-state index contributed by atoms with van der Waals surface area (Å²) in [5, 5.41) is 11.3. The molecule has 122 valence electrons. The minimum atomic E-state index is -0.835. The summed E-state index contributed by atoms with van der Waals surface area (Å²) in [6.45, 7) is 0.112. The van der Waals surface area contributed by atoms with E-state index in [4.69, 9.17) is 16.9 Å². The van der Waals surface area contributed by atoms with Crippen molar-refractivity contribution in [1.29, 1.82) is 5.26 Å². The number of aromatic nitrogens is 2. The molecule has 1 fully saturated rings. The zero-order valence-corrected chi connectivity index (χ0v) is 12.9. The highest BCUT2D eigenvalue weighted by molar-refractivity contribution is 6.28. The van der Waals surface area contributed by atoms with Crippen LogP contribution in [0.15, 0.2) is 6.20 Å². The van der Waals surface area contributed by atoms with Gasteiger partial charge in [-0.25, -0.2) is 14.2 Å². The maximum atomic E-state index is 13.7. The van der Waals surface area contributed by atoms with Crippen LogP contribution in [0.3, 0.4) is 0 Å². The molecule has 2 rings (SSSR count). The van der Waals surface area contributed by atoms with Gasteiger partial charge in [-0.2, -0.15) is 10.2 Å². The van der Waals surface area contributed by atoms with E-state index in [9.17, 15) is 14.0 Å². The molecule has 10 heteroatoms. The first-order valence-corrected chi connectivity index (χ1v) is 7.03. The van der Waals surface area contributed by atoms with Crippen molar-refractivity contribution < 1.29 is 18.7 Å². The fourth-order valence-electron chi connectivity index (χ4n) is 2.39. The molecule has 0 radical (unpaired) electrons. The third-order valence-electron chi connectivity index (χ3n) is 3.38. The Balaban J connectivity index is 2.16. The highest BCUT2D eigenvalue weighted by Gasteiger charge is 2.40. The lowest BCUT2D eigenvalue weighted by atomic mass is 10.1. The first kappa shape index (κ1) is 16.9. The summed E-state index contributed by atoms with van der Waals surface area (Å²) in [6, 6.07) is 0.464. The molecule has 0 saturated carbocycles. The van der Waals surface area contributed by atoms with Crippen LogP contribution in [-0.2, 0) is 14.3 Å². The van der Waals surface area contributed by atoms with Crippen LogP contribution in [0.25, 0.3) is 0 Å². The van der Waals surface area contributed by atoms with Crippen molar-refractivity contribution in [2.45, 2.75) is 24.9 Å². The number of anilines is 1. The monoisotopic (exact) mass is 341 g/mol. The number of rotatable bonds is 4. The Morgan fingerprint density at radius 1 is 1.65 bits per heavy atom. The lowest BCUT2D eigenvalue weighted by molar-refractivity contribution is -0.150. The second-order valence-electron chi connectivity index (χ2n) is 4.83. The quantitative estimate of drug-likeness (QED) is 0.635. The van der Waals surface area contributed by atoms with Crippen molar-refractivity contribution in [3.63, 3.8) is 0 Å². The summed E-state index contributed by atoms with van der Waals surface area (Å²) >= 11 is 5.62. The minimum Gasteiger partial charge on any atom is -0.467 e. The molecule has 2 heterocycles. The molecule has 2 atom stereocenters. The number of methoxy groups -OCH3 is 1. The molecule has 0 aliphatic carbocycles. The van der Waals surface area contributed by atoms with Crippen molar-refractivity contribution in [3.8, 4) is 6.07 Å². The van der Waals surface area contributed by atoms with Gasteiger partial charge in [0.2, 0.25) is 11.2 Å². The third-order valence-corrected chi connectivity index (χ3v) is 3.56. The summed E-state index contributed by atoms with van der Waals surface area (Å²) in [6.07, 6.45) is 0.766. The summed E-state index contributed by atoms with van der Waals surface area (Å²) in [7, 11) is 1.21. The fraction of sp³-hybridized carbons (Fsp3) is 0.462. The van der Waals surface area contributed by atoms with Gasteiger partial charge in [0.15, 0.2) is 11.6 Å². The SMILES string of the molecule is COC(=O)[C@@H]1C[C@@H](Nc2nc(Cl)ncc2F)CN1C(=O)CC#N. The van der Waals surface area contributed by atoms with Gasteiger partial charge in [0.25, 0.3) is 0 Å². The number of esters is 1. The maximum Gasteiger partial charge on any atom is 0.328 e. The zero-order valence-electron chi connectivity index (χ0n) is 12.1. The number of likely N-dealkylation sites (tertiary alicyclic amines) is 1. The zero-order chi connectivity index (χ0) is 17.0. The van der Waals surface area contributed by atoms with Crippen molar-refractivity contribution >= 4 is 29.3 Å². The van der Waals surface area contributed by atoms with Crippen LogP contribution in [-0.4, -0.2) is 52.5 Å². The van der Waals surface area contributed by atoms with Gasteiger partial charge in [-0.3, -0.25) is 4.79 Å². The Morgan fingerprint density at radius 2 is 2.39 bits per heavy atom. The molecular formula is C13H13ClFN5O3. The first-order chi connectivity index (χ1) is 11.0. The number of halogens is 2. The van der Waals surface area contributed by atoms with Crippen molar-refractivity contribution in [2.24, 2.45) is 0 Å². The average molecular weight is 342 g/mol. The molecular weight excluding hydrogens is 329 g/mol. The number of amides is 1. The molecule has 0 unspecified atom stereocenters. The van der Waals surface area contributed by atoms with Crippen LogP contribution < -0.4 is 5.32 Å². The molecule has 1 aliphatic rings. The van der Waals surface area contributed by atoms with Crippen LogP contribution in [0.4, 0.5) is 10.2 Å². The Hall–Kier alpha value is -2.47. The molecule has 23 heavy (non-hydrogen) atoms. The number of hydrogen-bond acceptors (Lipinski definition) is 7. The van der Waals surface area contributed by atoms with E-state index in [1.165, 1.54) is 12.0 Å². The van der Waals surface area contributed by atoms with Gasteiger partial charge in [0, 0.05) is 19.0 Å². The molecule has 0 spiro atoms. The lowest BCUT2D eigenvalue weighted by Crippen LogP contribution is -2.41. The summed E-state index contributed by atoms with van der Waals surface area (Å²) in [4.78, 5) is 32.2. The lowest BCUT2D eigenvalue weighted by Gasteiger charge is -2.21. The number of nitriles is 1. The van der Waals surface area contributed by atoms with Gasteiger partial charge in [-0.15, -0.1) is 0 Å². The molecule has 0 bridgehead atoms. The van der Waals surface area contributed by atoms with E-state index in [1.54, 1.807) is 6.07 Å². The van der Waals surface area contributed by atoms with E-state index in [0.29, 0.717) is 0 Å². The van der Waals surface area contributed by atoms with Crippen molar-refractivity contribution in [2.75, 3.05) is 19.0 Å². The highest BCUT2D eigenvalue weighted by atomic mass is 35.5. The molecule has 0 aromatic carbocycles. The number of carbonyl (C=O) groups excluding carboxylic acids is 2. The van der Waals surface area contributed by atoms with Crippen LogP contribution >= 0.6 is 11.6 Å². The molecule has 1 N–H and O–H groups in total. The van der Waals surface area contributed by atoms with E-state index in [0.717, 1.165) is 6.20 Å². The summed E-state index contributed by atoms with van der Waals surface area (Å²) in [5.74, 6) is -1.91. The first-order valence-electron chi connectivity index (χ1n) is 6.65. The Morgan fingerprint density at radius 3 is 3.04 bits per heavy atom. The molecule has 1 amide bonds. The third kappa shape index (κ3) is 3.84. The van der Waals surface area contributed by atoms with E-state index < -0.39 is 29.8 Å². The predicted octanol–water partition coefficient (Wildman–Crippen LogP) is 0.737. The molecule has 1 saturated heterocycles. The van der Waals surface area contributed by atoms with Crippen molar-refractivity contribution in [3.05, 3.63) is 17.3 Å². The molecule has 1 aromatic rings. The highest BCUT2D eigenvalue weighted by Crippen LogP contribution is 2.24. The smallest absolute Gasteiger partial charge is 0.328 e. The number of ether oxygens (including phenoxy) is 1. The Bertz CT molecular complexity index is 666. The molecule has 1 aliphatic heterocycles. The average Bonchev–Trinajstić information content (AvgIpc) is 2.94. The van der Waals surface area contributed by atoms with Gasteiger partial charge in [0.1, 0.15) is 12.5 Å². The standard InChI is InChI=1S/C13H13ClFN5O3/c1-23-12(22)9-4-7(6-20(9)10(21)2-3-16)18-11-8(15)5-17-13(14)19-11/h5,7,9H,2,4,6H2,1H3,(H,17,18,19)/t7-,9+/m1/s1. The topological polar surface area (TPSA) is 108 Å². The Kier molecular flexibility index (Phi) is 5.28. The van der Waals surface area contributed by atoms with Gasteiger partial charge in [-0.1, -0.05) is 0 Å². The number of hydrogen-bond donors (Lipinski definition) is 1. The van der Waals surface area contributed by atoms with E-state index in [1.807, 2.05) is 0 Å². The number of carbonyl (C=O) groups is 2. The summed E-state index contributed by atoms with van der Waals surface area (Å²) < 4.78 is 18.3. The van der Waals surface area contributed by atoms with Gasteiger partial charge < -0.3 is 15.0 Å². The van der Waals surface area contributed by atoms with Crippen LogP contribution in [0, 0.1) is 17.1 Å². The largest absolute Gasteiger partial charge is 0.467 e. The van der Waals surface area contributed by atoms with Crippen LogP contribution in [0.5, 0.6) is 0 Å². The molecule has 8 nitrogen and oxygen atoms in total. The molecule has 1 aromatic heterocycles. The second-order valence-corrected chi connectivity index (χ2v) is 5.17. The Labute approximate surface area is 136 Å². The van der Waals surface area contributed by atoms with Gasteiger partial charge in [-0.05, 0) is 11.6 Å². The van der Waals surface area contributed by atoms with Gasteiger partial charge in [0.05, 0.1) is 19.4 Å². The number of nitrogens with one attached hydrogen (secondary N) is 1. The number of nitrogens with zero attached hydrogens (tertiary/aromatic N) is 4. The minimum absolute atomic E-state index is 0.112. The normalized spacial score (nSPS) is 20.0. The van der Waals surface area contributed by atoms with Crippen LogP contribution in [0.1, 0.15) is 12.8 Å². The van der Waals surface area contributed by atoms with E-state index in [2.05, 4.69) is 20.0 Å². The van der Waals surface area contributed by atoms with Crippen LogP contribution in [0.2, 0.25) is 5.28 Å². The van der Waals surface area contributed by atoms with Crippen molar-refractivity contribution in [1.82, 2.24) is 14.9 Å². The summed E-state index contributed by atoms with van der Waals surface area (Å²) in [5.41, 5.74) is 0. The fourth-order valence-corrected chi connectivity index (χ4v) is 2.52.